The van der Waals surface area contributed by atoms with Crippen molar-refractivity contribution in [2.75, 3.05) is 7.11 Å². The van der Waals surface area contributed by atoms with Crippen LogP contribution in [0.3, 0.4) is 0 Å². The van der Waals surface area contributed by atoms with E-state index in [0.29, 0.717) is 0 Å². The van der Waals surface area contributed by atoms with E-state index in [1.165, 1.54) is 12.1 Å². The number of rotatable bonds is 4. The van der Waals surface area contributed by atoms with E-state index in [4.69, 9.17) is 0 Å². The van der Waals surface area contributed by atoms with E-state index in [2.05, 4.69) is 8.92 Å². The second-order valence-corrected chi connectivity index (χ2v) is 4.93. The van der Waals surface area contributed by atoms with Gasteiger partial charge in [-0.3, -0.25) is 0 Å². The Bertz CT molecular complexity index is 605. The van der Waals surface area contributed by atoms with Gasteiger partial charge in [-0.25, -0.2) is 4.79 Å². The zero-order valence-electron chi connectivity index (χ0n) is 10.0. The smallest absolute Gasteiger partial charge is 0.463 e. The molecule has 0 amide bonds. The first-order chi connectivity index (χ1) is 9.17. The molecule has 0 aromatic heterocycles. The molecule has 0 saturated carbocycles. The molecule has 0 unspecified atom stereocenters. The van der Waals surface area contributed by atoms with Gasteiger partial charge < -0.3 is 8.92 Å². The minimum Gasteiger partial charge on any atom is -0.463 e. The number of ether oxygens (including phenoxy) is 1. The van der Waals surface area contributed by atoms with Gasteiger partial charge in [-0.15, -0.1) is 0 Å². The highest BCUT2D eigenvalue weighted by molar-refractivity contribution is 7.87. The topological polar surface area (TPSA) is 69.7 Å². The van der Waals surface area contributed by atoms with Crippen LogP contribution in [0, 0.1) is 0 Å². The zero-order chi connectivity index (χ0) is 15.4. The van der Waals surface area contributed by atoms with Gasteiger partial charge in [0.25, 0.3) is 0 Å². The Morgan fingerprint density at radius 2 is 1.75 bits per heavy atom. The molecule has 110 valence electrons. The number of benzene rings is 1. The molecule has 0 N–H and O–H groups in total. The van der Waals surface area contributed by atoms with Crippen LogP contribution in [0.25, 0.3) is 6.08 Å². The molecular formula is C11H9F3O5S. The second kappa shape index (κ2) is 5.95. The van der Waals surface area contributed by atoms with Crippen LogP contribution in [0.2, 0.25) is 0 Å². The predicted octanol–water partition coefficient (Wildman–Crippen LogP) is 2.07. The summed E-state index contributed by atoms with van der Waals surface area (Å²) < 4.78 is 66.3. The lowest BCUT2D eigenvalue weighted by Gasteiger charge is -2.10. The number of esters is 1. The van der Waals surface area contributed by atoms with Gasteiger partial charge >= 0.3 is 21.6 Å². The number of carbonyl (C=O) groups excluding carboxylic acids is 1. The van der Waals surface area contributed by atoms with Crippen molar-refractivity contribution in [2.45, 2.75) is 5.51 Å². The largest absolute Gasteiger partial charge is 0.534 e. The molecule has 0 spiro atoms. The highest BCUT2D eigenvalue weighted by Crippen LogP contribution is 2.27. The summed E-state index contributed by atoms with van der Waals surface area (Å²) in [6.45, 7) is 0. The van der Waals surface area contributed by atoms with E-state index >= 15 is 0 Å². The van der Waals surface area contributed by atoms with Crippen molar-refractivity contribution < 1.29 is 35.3 Å². The summed E-state index contributed by atoms with van der Waals surface area (Å²) in [7, 11) is -5.06. The second-order valence-electron chi connectivity index (χ2n) is 3.39. The van der Waals surface area contributed by atoms with Crippen LogP contribution in [0.5, 0.6) is 0 Å². The van der Waals surface area contributed by atoms with Crippen molar-refractivity contribution in [2.24, 2.45) is 0 Å². The fourth-order valence-corrected chi connectivity index (χ4v) is 1.53. The van der Waals surface area contributed by atoms with Crippen LogP contribution in [0.1, 0.15) is 5.56 Å². The molecule has 9 heteroatoms. The maximum absolute atomic E-state index is 12.2. The number of hydrogen-bond donors (Lipinski definition) is 0. The van der Waals surface area contributed by atoms with E-state index in [1.807, 2.05) is 0 Å². The highest BCUT2D eigenvalue weighted by Gasteiger charge is 2.49. The molecule has 1 aromatic rings. The Balaban J connectivity index is 3.17. The van der Waals surface area contributed by atoms with Crippen molar-refractivity contribution in [3.05, 3.63) is 41.7 Å². The molecule has 0 aliphatic rings. The number of methoxy groups -OCH3 is 1. The first-order valence-electron chi connectivity index (χ1n) is 5.03. The van der Waals surface area contributed by atoms with Crippen LogP contribution in [-0.2, 0) is 23.8 Å². The quantitative estimate of drug-likeness (QED) is 0.280. The molecule has 20 heavy (non-hydrogen) atoms. The molecule has 0 fully saturated rings. The number of carbonyl (C=O) groups is 1. The van der Waals surface area contributed by atoms with Crippen LogP contribution in [0.4, 0.5) is 13.2 Å². The molecule has 0 aliphatic heterocycles. The fraction of sp³-hybridized carbons (Fsp3) is 0.182. The van der Waals surface area contributed by atoms with Gasteiger partial charge in [0, 0.05) is 0 Å². The minimum absolute atomic E-state index is 0.269. The summed E-state index contributed by atoms with van der Waals surface area (Å²) >= 11 is 0. The molecule has 0 heterocycles. The van der Waals surface area contributed by atoms with Crippen molar-refractivity contribution in [3.63, 3.8) is 0 Å². The van der Waals surface area contributed by atoms with Crippen LogP contribution in [0.15, 0.2) is 36.1 Å². The predicted molar refractivity (Wildman–Crippen MR) is 62.5 cm³/mol. The molecule has 0 radical (unpaired) electrons. The summed E-state index contributed by atoms with van der Waals surface area (Å²) in [4.78, 5) is 11.3. The van der Waals surface area contributed by atoms with E-state index < -0.39 is 27.4 Å². The van der Waals surface area contributed by atoms with E-state index in [9.17, 15) is 26.4 Å². The Morgan fingerprint density at radius 1 is 1.20 bits per heavy atom. The maximum Gasteiger partial charge on any atom is 0.534 e. The van der Waals surface area contributed by atoms with Gasteiger partial charge in [-0.2, -0.15) is 21.6 Å². The van der Waals surface area contributed by atoms with Crippen LogP contribution < -0.4 is 0 Å². The minimum atomic E-state index is -5.94. The van der Waals surface area contributed by atoms with Gasteiger partial charge in [0.1, 0.15) is 0 Å². The lowest BCUT2D eigenvalue weighted by molar-refractivity contribution is -0.138. The molecule has 1 aromatic carbocycles. The summed E-state index contributed by atoms with van der Waals surface area (Å²) in [5.74, 6) is -2.43. The molecule has 5 nitrogen and oxygen atoms in total. The first kappa shape index (κ1) is 16.0. The molecule has 1 rings (SSSR count). The fourth-order valence-electron chi connectivity index (χ4n) is 1.08. The van der Waals surface area contributed by atoms with Gasteiger partial charge in [0.2, 0.25) is 5.76 Å². The van der Waals surface area contributed by atoms with Crippen molar-refractivity contribution >= 4 is 22.2 Å². The molecule has 0 atom stereocenters. The summed E-state index contributed by atoms with van der Waals surface area (Å²) in [5.41, 5.74) is -5.37. The average Bonchev–Trinajstić information content (AvgIpc) is 2.36. The number of hydrogen-bond acceptors (Lipinski definition) is 5. The third-order valence-corrected chi connectivity index (χ3v) is 2.93. The standard InChI is InChI=1S/C11H9F3O5S/c1-18-10(15)9(7-8-5-3-2-4-6-8)19-20(16,17)11(12,13)14/h2-7H,1H3/b9-7-. The molecule has 0 aliphatic carbocycles. The third kappa shape index (κ3) is 3.98. The average molecular weight is 310 g/mol. The Morgan fingerprint density at radius 3 is 2.20 bits per heavy atom. The van der Waals surface area contributed by atoms with Crippen molar-refractivity contribution in [3.8, 4) is 0 Å². The molecular weight excluding hydrogens is 301 g/mol. The SMILES string of the molecule is COC(=O)/C(=C/c1ccccc1)OS(=O)(=O)C(F)(F)F. The van der Waals surface area contributed by atoms with Crippen molar-refractivity contribution in [1.29, 1.82) is 0 Å². The van der Waals surface area contributed by atoms with Crippen LogP contribution >= 0.6 is 0 Å². The Hall–Kier alpha value is -2.03. The van der Waals surface area contributed by atoms with Gasteiger partial charge in [-0.05, 0) is 11.6 Å². The maximum atomic E-state index is 12.2. The summed E-state index contributed by atoms with van der Waals surface area (Å²) in [6, 6.07) is 7.58. The third-order valence-electron chi connectivity index (χ3n) is 1.97. The Kier molecular flexibility index (Phi) is 4.77. The Labute approximate surface area is 112 Å². The summed E-state index contributed by atoms with van der Waals surface area (Å²) in [5, 5.41) is 0. The van der Waals surface area contributed by atoms with Crippen LogP contribution in [-0.4, -0.2) is 27.0 Å². The highest BCUT2D eigenvalue weighted by atomic mass is 32.2. The van der Waals surface area contributed by atoms with Gasteiger partial charge in [-0.1, -0.05) is 30.3 Å². The normalized spacial score (nSPS) is 12.9. The van der Waals surface area contributed by atoms with E-state index in [1.54, 1.807) is 18.2 Å². The molecule has 0 saturated heterocycles. The molecule has 0 bridgehead atoms. The van der Waals surface area contributed by atoms with E-state index in [0.717, 1.165) is 13.2 Å². The monoisotopic (exact) mass is 310 g/mol. The number of halogens is 3. The van der Waals surface area contributed by atoms with Gasteiger partial charge in [0.15, 0.2) is 0 Å². The lowest BCUT2D eigenvalue weighted by Crippen LogP contribution is -2.27. The summed E-state index contributed by atoms with van der Waals surface area (Å²) in [6.07, 6.45) is 0.828. The zero-order valence-corrected chi connectivity index (χ0v) is 10.9. The van der Waals surface area contributed by atoms with E-state index in [-0.39, 0.29) is 5.56 Å². The van der Waals surface area contributed by atoms with Crippen molar-refractivity contribution in [1.82, 2.24) is 0 Å². The lowest BCUT2D eigenvalue weighted by atomic mass is 10.2. The number of alkyl halides is 3. The first-order valence-corrected chi connectivity index (χ1v) is 6.44. The van der Waals surface area contributed by atoms with Gasteiger partial charge in [0.05, 0.1) is 7.11 Å².